The van der Waals surface area contributed by atoms with E-state index in [0.717, 1.165) is 16.6 Å². The summed E-state index contributed by atoms with van der Waals surface area (Å²) in [6.07, 6.45) is 1.86. The third-order valence-electron chi connectivity index (χ3n) is 3.03. The van der Waals surface area contributed by atoms with Gasteiger partial charge in [-0.05, 0) is 23.8 Å². The highest BCUT2D eigenvalue weighted by Gasteiger charge is 2.08. The summed E-state index contributed by atoms with van der Waals surface area (Å²) in [5, 5.41) is 14.7. The fourth-order valence-corrected chi connectivity index (χ4v) is 2.40. The predicted molar refractivity (Wildman–Crippen MR) is 77.4 cm³/mol. The van der Waals surface area contributed by atoms with Crippen molar-refractivity contribution >= 4 is 28.5 Å². The molecule has 0 aliphatic carbocycles. The summed E-state index contributed by atoms with van der Waals surface area (Å²) >= 11 is 6.22. The van der Waals surface area contributed by atoms with Crippen LogP contribution in [-0.2, 0) is 11.2 Å². The van der Waals surface area contributed by atoms with E-state index in [9.17, 15) is 4.79 Å². The van der Waals surface area contributed by atoms with Gasteiger partial charge in [0, 0.05) is 11.6 Å². The number of rotatable bonds is 3. The van der Waals surface area contributed by atoms with Gasteiger partial charge < -0.3 is 5.11 Å². The molecule has 2 aromatic carbocycles. The molecule has 0 saturated heterocycles. The molecule has 1 heterocycles. The van der Waals surface area contributed by atoms with E-state index in [4.69, 9.17) is 16.7 Å². The van der Waals surface area contributed by atoms with E-state index in [1.54, 1.807) is 22.9 Å². The molecule has 0 unspecified atom stereocenters. The van der Waals surface area contributed by atoms with Crippen molar-refractivity contribution in [2.45, 2.75) is 6.42 Å². The van der Waals surface area contributed by atoms with E-state index in [0.29, 0.717) is 10.6 Å². The molecular weight excluding hydrogens is 276 g/mol. The van der Waals surface area contributed by atoms with Gasteiger partial charge in [0.05, 0.1) is 22.6 Å². The Morgan fingerprint density at radius 2 is 2.05 bits per heavy atom. The molecule has 0 atom stereocenters. The normalized spacial score (nSPS) is 10.8. The topological polar surface area (TPSA) is 55.1 Å². The van der Waals surface area contributed by atoms with Crippen LogP contribution in [0.3, 0.4) is 0 Å². The number of aliphatic carboxylic acids is 1. The molecule has 1 N–H and O–H groups in total. The minimum Gasteiger partial charge on any atom is -0.481 e. The van der Waals surface area contributed by atoms with Crippen molar-refractivity contribution in [3.63, 3.8) is 0 Å². The van der Waals surface area contributed by atoms with Crippen LogP contribution in [-0.4, -0.2) is 20.9 Å². The van der Waals surface area contributed by atoms with Gasteiger partial charge in [-0.15, -0.1) is 0 Å². The van der Waals surface area contributed by atoms with E-state index in [2.05, 4.69) is 5.10 Å². The Hall–Kier alpha value is -2.33. The van der Waals surface area contributed by atoms with Crippen LogP contribution in [0.5, 0.6) is 0 Å². The average molecular weight is 287 g/mol. The van der Waals surface area contributed by atoms with Gasteiger partial charge in [-0.2, -0.15) is 5.10 Å². The first-order valence-electron chi connectivity index (χ1n) is 6.08. The fourth-order valence-electron chi connectivity index (χ4n) is 2.11. The minimum absolute atomic E-state index is 0.0406. The van der Waals surface area contributed by atoms with Crippen LogP contribution in [0.15, 0.2) is 48.7 Å². The van der Waals surface area contributed by atoms with E-state index in [-0.39, 0.29) is 6.42 Å². The lowest BCUT2D eigenvalue weighted by Gasteiger charge is -2.05. The van der Waals surface area contributed by atoms with Crippen molar-refractivity contribution in [2.75, 3.05) is 0 Å². The van der Waals surface area contributed by atoms with Gasteiger partial charge in [0.25, 0.3) is 0 Å². The summed E-state index contributed by atoms with van der Waals surface area (Å²) < 4.78 is 1.71. The minimum atomic E-state index is -0.876. The summed E-state index contributed by atoms with van der Waals surface area (Å²) in [6.45, 7) is 0. The van der Waals surface area contributed by atoms with Gasteiger partial charge in [0.15, 0.2) is 0 Å². The first kappa shape index (κ1) is 12.7. The molecule has 0 radical (unpaired) electrons. The van der Waals surface area contributed by atoms with Gasteiger partial charge in [-0.1, -0.05) is 35.9 Å². The summed E-state index contributed by atoms with van der Waals surface area (Å²) in [5.74, 6) is -0.876. The molecular formula is C15H11ClN2O2. The smallest absolute Gasteiger partial charge is 0.307 e. The Bertz CT molecular complexity index is 762. The molecule has 0 amide bonds. The average Bonchev–Trinajstić information content (AvgIpc) is 2.81. The largest absolute Gasteiger partial charge is 0.481 e. The van der Waals surface area contributed by atoms with Crippen LogP contribution in [0.25, 0.3) is 16.6 Å². The standard InChI is InChI=1S/C15H11ClN2O2/c16-12-7-10(8-15(19)20)5-6-14(12)18-9-11-3-1-2-4-13(11)17-18/h1-7,9H,8H2,(H,19,20). The van der Waals surface area contributed by atoms with Crippen molar-refractivity contribution in [3.8, 4) is 5.69 Å². The first-order valence-corrected chi connectivity index (χ1v) is 6.46. The summed E-state index contributed by atoms with van der Waals surface area (Å²) in [4.78, 5) is 10.7. The van der Waals surface area contributed by atoms with Gasteiger partial charge >= 0.3 is 5.97 Å². The van der Waals surface area contributed by atoms with Crippen LogP contribution in [0.4, 0.5) is 0 Å². The maximum Gasteiger partial charge on any atom is 0.307 e. The number of nitrogens with zero attached hydrogens (tertiary/aromatic N) is 2. The van der Waals surface area contributed by atoms with Crippen LogP contribution >= 0.6 is 11.6 Å². The maximum atomic E-state index is 10.7. The second kappa shape index (κ2) is 4.98. The molecule has 3 rings (SSSR count). The Morgan fingerprint density at radius 1 is 1.25 bits per heavy atom. The SMILES string of the molecule is O=C(O)Cc1ccc(-n2cc3ccccc3n2)c(Cl)c1. The number of benzene rings is 2. The third-order valence-corrected chi connectivity index (χ3v) is 3.33. The number of hydrogen-bond acceptors (Lipinski definition) is 2. The molecule has 0 aliphatic heterocycles. The quantitative estimate of drug-likeness (QED) is 0.804. The molecule has 0 aliphatic rings. The van der Waals surface area contributed by atoms with Crippen LogP contribution in [0.1, 0.15) is 5.56 Å². The Morgan fingerprint density at radius 3 is 2.75 bits per heavy atom. The van der Waals surface area contributed by atoms with Crippen molar-refractivity contribution in [2.24, 2.45) is 0 Å². The number of carboxylic acids is 1. The lowest BCUT2D eigenvalue weighted by molar-refractivity contribution is -0.136. The Labute approximate surface area is 120 Å². The molecule has 0 fully saturated rings. The predicted octanol–water partition coefficient (Wildman–Crippen LogP) is 3.31. The fraction of sp³-hybridized carbons (Fsp3) is 0.0667. The van der Waals surface area contributed by atoms with E-state index in [1.807, 2.05) is 30.5 Å². The Kier molecular flexibility index (Phi) is 3.16. The molecule has 4 nitrogen and oxygen atoms in total. The lowest BCUT2D eigenvalue weighted by Crippen LogP contribution is -2.01. The van der Waals surface area contributed by atoms with Crippen molar-refractivity contribution in [3.05, 3.63) is 59.2 Å². The van der Waals surface area contributed by atoms with E-state index < -0.39 is 5.97 Å². The lowest BCUT2D eigenvalue weighted by atomic mass is 10.1. The highest BCUT2D eigenvalue weighted by molar-refractivity contribution is 6.32. The second-order valence-electron chi connectivity index (χ2n) is 4.49. The third kappa shape index (κ3) is 2.38. The summed E-state index contributed by atoms with van der Waals surface area (Å²) in [6, 6.07) is 13.0. The Balaban J connectivity index is 2.03. The zero-order valence-electron chi connectivity index (χ0n) is 10.5. The van der Waals surface area contributed by atoms with E-state index >= 15 is 0 Å². The number of fused-ring (bicyclic) bond motifs is 1. The highest BCUT2D eigenvalue weighted by Crippen LogP contribution is 2.23. The summed E-state index contributed by atoms with van der Waals surface area (Å²) in [7, 11) is 0. The van der Waals surface area contributed by atoms with Crippen molar-refractivity contribution in [1.29, 1.82) is 0 Å². The number of carboxylic acid groups (broad SMARTS) is 1. The van der Waals surface area contributed by atoms with Crippen LogP contribution in [0, 0.1) is 0 Å². The number of aromatic nitrogens is 2. The number of halogens is 1. The van der Waals surface area contributed by atoms with Gasteiger partial charge in [0.2, 0.25) is 0 Å². The molecule has 5 heteroatoms. The van der Waals surface area contributed by atoms with Crippen LogP contribution < -0.4 is 0 Å². The molecule has 0 saturated carbocycles. The molecule has 100 valence electrons. The highest BCUT2D eigenvalue weighted by atomic mass is 35.5. The van der Waals surface area contributed by atoms with E-state index in [1.165, 1.54) is 0 Å². The van der Waals surface area contributed by atoms with Crippen LogP contribution in [0.2, 0.25) is 5.02 Å². The molecule has 0 spiro atoms. The molecule has 1 aromatic heterocycles. The molecule has 0 bridgehead atoms. The number of carbonyl (C=O) groups is 1. The van der Waals surface area contributed by atoms with Crippen molar-refractivity contribution in [1.82, 2.24) is 9.78 Å². The monoisotopic (exact) mass is 286 g/mol. The maximum absolute atomic E-state index is 10.7. The second-order valence-corrected chi connectivity index (χ2v) is 4.90. The van der Waals surface area contributed by atoms with Gasteiger partial charge in [-0.3, -0.25) is 4.79 Å². The first-order chi connectivity index (χ1) is 9.63. The number of hydrogen-bond donors (Lipinski definition) is 1. The molecule has 20 heavy (non-hydrogen) atoms. The van der Waals surface area contributed by atoms with Gasteiger partial charge in [-0.25, -0.2) is 4.68 Å². The zero-order chi connectivity index (χ0) is 14.1. The zero-order valence-corrected chi connectivity index (χ0v) is 11.2. The van der Waals surface area contributed by atoms with Gasteiger partial charge in [0.1, 0.15) is 0 Å². The summed E-state index contributed by atoms with van der Waals surface area (Å²) in [5.41, 5.74) is 2.29. The van der Waals surface area contributed by atoms with Crippen molar-refractivity contribution < 1.29 is 9.90 Å². The molecule has 3 aromatic rings.